The maximum atomic E-state index is 5.29. The van der Waals surface area contributed by atoms with Gasteiger partial charge in [0.1, 0.15) is 33.9 Å². The standard InChI is InChI=1S/C45H30N6.C36H30N4.C27H18N6/c1-4-16-31(17-5-1)43-40(46-37-22-10-13-25-49(37)43)34-28-35(41-44(32-18-6-2-7-19-32)50-26-14-11-23-38(50)47-41)30-36(29-34)42-45(33-20-8-3-9-21-33)51-27-15-12-24-39(51)48-42;1-23-33-21-37-17-19-39(33)25(3)35(23)31-13-9-29(10-14-31)27-5-7-28(8-6-27)30-11-15-32(16-12-30)36-24(2)34-22-38-18-20-40(34)26(36)4;1-4-10-31-16-22(28-25(31)7-1)19-13-20(23-17-32-11-5-2-8-26(32)29-23)15-21(14-19)24-18-33-12-6-3-9-27(33)30-24/h1-30H;5-22H,1-4H3;1-18H. The van der Waals surface area contributed by atoms with Gasteiger partial charge in [0.05, 0.1) is 74.7 Å². The topological polar surface area (TPSA) is 138 Å². The third-order valence-corrected chi connectivity index (χ3v) is 23.8. The van der Waals surface area contributed by atoms with E-state index < -0.39 is 0 Å². The van der Waals surface area contributed by atoms with Crippen molar-refractivity contribution < 1.29 is 0 Å². The summed E-state index contributed by atoms with van der Waals surface area (Å²) < 4.78 is 17.1. The van der Waals surface area contributed by atoms with E-state index in [1.165, 1.54) is 67.0 Å². The van der Waals surface area contributed by atoms with E-state index in [-0.39, 0.29) is 0 Å². The molecule has 0 bridgehead atoms. The quantitative estimate of drug-likeness (QED) is 0.111. The second-order valence-electron chi connectivity index (χ2n) is 31.3. The molecule has 124 heavy (non-hydrogen) atoms. The smallest absolute Gasteiger partial charge is 0.137 e. The molecule has 16 heteroatoms. The van der Waals surface area contributed by atoms with Crippen LogP contribution in [-0.4, -0.2) is 75.1 Å². The summed E-state index contributed by atoms with van der Waals surface area (Å²) in [7, 11) is 0. The maximum Gasteiger partial charge on any atom is 0.137 e. The average Bonchev–Trinajstić information content (AvgIpc) is 1.58. The SMILES string of the molecule is Cc1c(-c2ccc(-c3ccc(-c4ccc(-c5c(C)c6cnccn6c5C)cc4)cc3)cc2)c(C)n2ccncc12.c1ccc(-c2c(-c3cc(-c4nc5ccccn5c4-c4ccccc4)cc(-c4nc5ccccn5c4-c4ccccc4)c3)nc3ccccn23)cc1.c1ccn2cc(-c3cc(-c4cn5ccccc5n4)cc(-c4cn5ccccc5n4)c3)nc2c1. The average molecular weight is 1600 g/mol. The van der Waals surface area contributed by atoms with Gasteiger partial charge in [0, 0.05) is 153 Å². The van der Waals surface area contributed by atoms with Crippen LogP contribution in [0.5, 0.6) is 0 Å². The Kier molecular flexibility index (Phi) is 18.3. The minimum Gasteiger partial charge on any atom is -0.317 e. The van der Waals surface area contributed by atoms with E-state index in [9.17, 15) is 0 Å². The summed E-state index contributed by atoms with van der Waals surface area (Å²) in [6, 6.07) is 108. The van der Waals surface area contributed by atoms with Crippen molar-refractivity contribution >= 4 is 44.9 Å². The first-order chi connectivity index (χ1) is 61.1. The van der Waals surface area contributed by atoms with Gasteiger partial charge in [0.15, 0.2) is 0 Å². The van der Waals surface area contributed by atoms with Gasteiger partial charge in [0.2, 0.25) is 0 Å². The maximum absolute atomic E-state index is 5.29. The van der Waals surface area contributed by atoms with Crippen molar-refractivity contribution in [2.24, 2.45) is 0 Å². The van der Waals surface area contributed by atoms with Crippen molar-refractivity contribution in [3.05, 3.63) is 425 Å². The minimum atomic E-state index is 0.883. The van der Waals surface area contributed by atoms with Gasteiger partial charge >= 0.3 is 0 Å². The minimum absolute atomic E-state index is 0.883. The molecule has 0 aliphatic rings. The summed E-state index contributed by atoms with van der Waals surface area (Å²) >= 11 is 0. The van der Waals surface area contributed by atoms with Gasteiger partial charge in [-0.25, -0.2) is 29.9 Å². The van der Waals surface area contributed by atoms with Crippen LogP contribution in [-0.2, 0) is 0 Å². The molecule has 590 valence electrons. The zero-order chi connectivity index (χ0) is 82.9. The van der Waals surface area contributed by atoms with E-state index in [1.54, 1.807) is 0 Å². The van der Waals surface area contributed by atoms with Crippen LogP contribution in [0.1, 0.15) is 22.5 Å². The van der Waals surface area contributed by atoms with Crippen molar-refractivity contribution in [1.82, 2.24) is 75.1 Å². The number of aromatic nitrogens is 16. The second kappa shape index (κ2) is 30.9. The van der Waals surface area contributed by atoms with E-state index in [1.807, 2.05) is 160 Å². The van der Waals surface area contributed by atoms with E-state index in [2.05, 4.69) is 315 Å². The van der Waals surface area contributed by atoms with Gasteiger partial charge in [-0.3, -0.25) is 23.2 Å². The molecule has 0 spiro atoms. The number of benzene rings is 8. The van der Waals surface area contributed by atoms with Crippen LogP contribution in [0.3, 0.4) is 0 Å². The second-order valence-corrected chi connectivity index (χ2v) is 31.3. The van der Waals surface area contributed by atoms with Crippen molar-refractivity contribution in [3.63, 3.8) is 0 Å². The highest BCUT2D eigenvalue weighted by atomic mass is 15.1. The number of fused-ring (bicyclic) bond motifs is 8. The molecule has 0 N–H and O–H groups in total. The number of hydrogen-bond acceptors (Lipinski definition) is 8. The Bertz CT molecular complexity index is 7270. The first-order valence-corrected chi connectivity index (χ1v) is 41.5. The lowest BCUT2D eigenvalue weighted by atomic mass is 9.94. The van der Waals surface area contributed by atoms with Crippen LogP contribution in [0.15, 0.2) is 402 Å². The van der Waals surface area contributed by atoms with Gasteiger partial charge in [-0.05, 0) is 181 Å². The highest BCUT2D eigenvalue weighted by Gasteiger charge is 2.26. The zero-order valence-corrected chi connectivity index (χ0v) is 68.3. The monoisotopic (exact) mass is 1600 g/mol. The fourth-order valence-electron chi connectivity index (χ4n) is 17.8. The lowest BCUT2D eigenvalue weighted by Gasteiger charge is -2.12. The molecule has 0 aliphatic heterocycles. The fraction of sp³-hybridized carbons (Fsp3) is 0.0370. The van der Waals surface area contributed by atoms with Crippen molar-refractivity contribution in [2.75, 3.05) is 0 Å². The van der Waals surface area contributed by atoms with Crippen LogP contribution in [0, 0.1) is 27.7 Å². The molecule has 8 aromatic carbocycles. The molecule has 0 aliphatic carbocycles. The molecule has 0 saturated carbocycles. The highest BCUT2D eigenvalue weighted by molar-refractivity contribution is 5.94. The van der Waals surface area contributed by atoms with E-state index in [0.29, 0.717) is 0 Å². The predicted molar refractivity (Wildman–Crippen MR) is 499 cm³/mol. The van der Waals surface area contributed by atoms with E-state index in [0.717, 1.165) is 146 Å². The summed E-state index contributed by atoms with van der Waals surface area (Å²) in [5.74, 6) is 0. The number of imidazole rings is 6. The van der Waals surface area contributed by atoms with Crippen LogP contribution >= 0.6 is 0 Å². The van der Waals surface area contributed by atoms with Crippen LogP contribution in [0.2, 0.25) is 0 Å². The van der Waals surface area contributed by atoms with Crippen molar-refractivity contribution in [3.8, 4) is 146 Å². The van der Waals surface area contributed by atoms with Crippen LogP contribution < -0.4 is 0 Å². The van der Waals surface area contributed by atoms with Crippen LogP contribution in [0.25, 0.3) is 191 Å². The molecule has 0 radical (unpaired) electrons. The molecule has 24 aromatic rings. The molecular weight excluding hydrogens is 1520 g/mol. The summed E-state index contributed by atoms with van der Waals surface area (Å²) in [4.78, 5) is 39.0. The lowest BCUT2D eigenvalue weighted by Crippen LogP contribution is -1.93. The molecule has 0 atom stereocenters. The normalized spacial score (nSPS) is 11.5. The first-order valence-electron chi connectivity index (χ1n) is 41.5. The molecule has 24 rings (SSSR count). The Balaban J connectivity index is 0.000000113. The summed E-state index contributed by atoms with van der Waals surface area (Å²) in [6.45, 7) is 8.71. The fourth-order valence-corrected chi connectivity index (χ4v) is 17.8. The molecule has 0 amide bonds. The lowest BCUT2D eigenvalue weighted by molar-refractivity contribution is 1.08. The number of rotatable bonds is 13. The number of pyridine rings is 6. The van der Waals surface area contributed by atoms with Gasteiger partial charge in [-0.15, -0.1) is 0 Å². The van der Waals surface area contributed by atoms with Crippen molar-refractivity contribution in [1.29, 1.82) is 0 Å². The third-order valence-electron chi connectivity index (χ3n) is 23.8. The molecule has 0 fully saturated rings. The van der Waals surface area contributed by atoms with Crippen LogP contribution in [0.4, 0.5) is 0 Å². The van der Waals surface area contributed by atoms with Gasteiger partial charge in [-0.2, -0.15) is 0 Å². The molecule has 0 unspecified atom stereocenters. The molecule has 16 nitrogen and oxygen atoms in total. The largest absolute Gasteiger partial charge is 0.317 e. The summed E-state index contributed by atoms with van der Waals surface area (Å²) in [5, 5.41) is 0. The summed E-state index contributed by atoms with van der Waals surface area (Å²) in [6.07, 6.45) is 30.1. The van der Waals surface area contributed by atoms with E-state index in [4.69, 9.17) is 29.9 Å². The van der Waals surface area contributed by atoms with E-state index >= 15 is 0 Å². The zero-order valence-electron chi connectivity index (χ0n) is 68.3. The highest BCUT2D eigenvalue weighted by Crippen LogP contribution is 2.44. The Morgan fingerprint density at radius 2 is 0.476 bits per heavy atom. The Labute approximate surface area is 713 Å². The summed E-state index contributed by atoms with van der Waals surface area (Å²) in [5.41, 5.74) is 40.5. The Hall–Kier alpha value is -16.7. The third kappa shape index (κ3) is 13.3. The molecule has 16 aromatic heterocycles. The van der Waals surface area contributed by atoms with Gasteiger partial charge < -0.3 is 22.0 Å². The Morgan fingerprint density at radius 1 is 0.210 bits per heavy atom. The number of aryl methyl sites for hydroxylation is 4. The molecule has 16 heterocycles. The van der Waals surface area contributed by atoms with Crippen molar-refractivity contribution in [2.45, 2.75) is 27.7 Å². The Morgan fingerprint density at radius 3 is 0.766 bits per heavy atom. The first kappa shape index (κ1) is 73.6. The molecular formula is C108H78N16. The number of nitrogens with zero attached hydrogens (tertiary/aromatic N) is 16. The number of hydrogen-bond donors (Lipinski definition) is 0. The molecule has 0 saturated heterocycles. The van der Waals surface area contributed by atoms with Gasteiger partial charge in [0.25, 0.3) is 0 Å². The van der Waals surface area contributed by atoms with Gasteiger partial charge in [-0.1, -0.05) is 200 Å². The predicted octanol–water partition coefficient (Wildman–Crippen LogP) is 25.1.